The molecule has 0 N–H and O–H groups in total. The van der Waals surface area contributed by atoms with Gasteiger partial charge >= 0.3 is 5.97 Å². The number of ether oxygens (including phenoxy) is 1. The maximum atomic E-state index is 13.4. The molecular formula is C64H117NO2. The second kappa shape index (κ2) is 56.5. The zero-order chi connectivity index (χ0) is 48.6. The lowest BCUT2D eigenvalue weighted by Gasteiger charge is -2.28. The largest absolute Gasteiger partial charge is 0.462 e. The van der Waals surface area contributed by atoms with E-state index in [1.807, 2.05) is 0 Å². The molecule has 0 aliphatic heterocycles. The minimum Gasteiger partial charge on any atom is -0.462 e. The molecule has 67 heavy (non-hydrogen) atoms. The van der Waals surface area contributed by atoms with E-state index >= 15 is 0 Å². The molecule has 0 aliphatic rings. The Morgan fingerprint density at radius 1 is 0.358 bits per heavy atom. The first-order valence-corrected chi connectivity index (χ1v) is 29.8. The van der Waals surface area contributed by atoms with Crippen LogP contribution in [0.3, 0.4) is 0 Å². The zero-order valence-corrected chi connectivity index (χ0v) is 46.0. The number of rotatable bonds is 53. The first-order valence-electron chi connectivity index (χ1n) is 29.8. The summed E-state index contributed by atoms with van der Waals surface area (Å²) >= 11 is 0. The van der Waals surface area contributed by atoms with Crippen LogP contribution >= 0.6 is 0 Å². The molecule has 0 radical (unpaired) electrons. The van der Waals surface area contributed by atoms with Crippen LogP contribution < -0.4 is 0 Å². The van der Waals surface area contributed by atoms with Gasteiger partial charge in [0.25, 0.3) is 0 Å². The summed E-state index contributed by atoms with van der Waals surface area (Å²) in [6, 6.07) is 0. The highest BCUT2D eigenvalue weighted by Crippen LogP contribution is 2.28. The maximum Gasteiger partial charge on any atom is 0.306 e. The number of hydrogen-bond acceptors (Lipinski definition) is 3. The summed E-state index contributed by atoms with van der Waals surface area (Å²) < 4.78 is 6.54. The predicted molar refractivity (Wildman–Crippen MR) is 302 cm³/mol. The SMILES string of the molecule is CCCCCC=CCC=CCCCCCCCCC(CCCCCCCCC=CCC=CCCCCC)C(CCCCCCCCC=CCC=CCCCCC)OC(=O)CCCCCN(C)C. The Kier molecular flexibility index (Phi) is 54.7. The van der Waals surface area contributed by atoms with Gasteiger partial charge in [0.1, 0.15) is 6.10 Å². The fourth-order valence-corrected chi connectivity index (χ4v) is 9.13. The lowest BCUT2D eigenvalue weighted by atomic mass is 9.87. The van der Waals surface area contributed by atoms with Gasteiger partial charge in [0.2, 0.25) is 0 Å². The third kappa shape index (κ3) is 53.1. The zero-order valence-electron chi connectivity index (χ0n) is 46.0. The minimum atomic E-state index is 0.0639. The van der Waals surface area contributed by atoms with Gasteiger partial charge in [-0.05, 0) is 161 Å². The molecule has 0 heterocycles. The van der Waals surface area contributed by atoms with E-state index in [1.165, 1.54) is 225 Å². The topological polar surface area (TPSA) is 29.5 Å². The van der Waals surface area contributed by atoms with E-state index in [9.17, 15) is 4.79 Å². The molecule has 0 aromatic rings. The minimum absolute atomic E-state index is 0.0639. The summed E-state index contributed by atoms with van der Waals surface area (Å²) in [5.41, 5.74) is 0. The van der Waals surface area contributed by atoms with Gasteiger partial charge in [0.15, 0.2) is 0 Å². The monoisotopic (exact) mass is 932 g/mol. The van der Waals surface area contributed by atoms with Crippen LogP contribution in [0.1, 0.15) is 297 Å². The lowest BCUT2D eigenvalue weighted by molar-refractivity contribution is -0.153. The van der Waals surface area contributed by atoms with Gasteiger partial charge in [-0.2, -0.15) is 0 Å². The third-order valence-corrected chi connectivity index (χ3v) is 13.5. The van der Waals surface area contributed by atoms with Crippen molar-refractivity contribution in [2.45, 2.75) is 303 Å². The predicted octanol–water partition coefficient (Wildman–Crippen LogP) is 21.2. The Hall–Kier alpha value is -2.13. The maximum absolute atomic E-state index is 13.4. The van der Waals surface area contributed by atoms with E-state index in [0.717, 1.165) is 51.5 Å². The summed E-state index contributed by atoms with van der Waals surface area (Å²) in [7, 11) is 4.27. The van der Waals surface area contributed by atoms with Gasteiger partial charge in [-0.25, -0.2) is 0 Å². The van der Waals surface area contributed by atoms with Crippen LogP contribution in [0, 0.1) is 5.92 Å². The fourth-order valence-electron chi connectivity index (χ4n) is 9.13. The molecule has 0 rings (SSSR count). The van der Waals surface area contributed by atoms with Gasteiger partial charge in [-0.15, -0.1) is 0 Å². The van der Waals surface area contributed by atoms with Crippen molar-refractivity contribution in [3.8, 4) is 0 Å². The molecule has 1 atom stereocenters. The van der Waals surface area contributed by atoms with Crippen molar-refractivity contribution in [3.63, 3.8) is 0 Å². The molecule has 0 aliphatic carbocycles. The van der Waals surface area contributed by atoms with Crippen molar-refractivity contribution in [3.05, 3.63) is 72.9 Å². The van der Waals surface area contributed by atoms with Crippen LogP contribution in [0.15, 0.2) is 72.9 Å². The Bertz CT molecular complexity index is 1110. The molecule has 0 amide bonds. The number of carbonyl (C=O) groups excluding carboxylic acids is 1. The normalized spacial score (nSPS) is 13.4. The molecule has 1 unspecified atom stereocenters. The van der Waals surface area contributed by atoms with Crippen molar-refractivity contribution < 1.29 is 9.53 Å². The standard InChI is InChI=1S/C64H117NO2/c1-6-9-12-15-18-21-24-27-30-33-36-39-42-45-48-52-57-62(58-53-49-46-43-40-37-34-31-28-25-22-19-16-13-10-7-2)63(67-64(66)60-55-51-56-61-65(4)5)59-54-50-47-44-41-38-35-32-29-26-23-20-17-14-11-8-3/h18-23,27-32,62-63H,6-17,24-26,33-61H2,1-5H3. The van der Waals surface area contributed by atoms with Crippen molar-refractivity contribution in [1.82, 2.24) is 4.90 Å². The molecule has 0 aromatic carbocycles. The van der Waals surface area contributed by atoms with E-state index < -0.39 is 0 Å². The van der Waals surface area contributed by atoms with E-state index in [0.29, 0.717) is 12.3 Å². The third-order valence-electron chi connectivity index (χ3n) is 13.5. The average molecular weight is 933 g/mol. The van der Waals surface area contributed by atoms with E-state index in [1.54, 1.807) is 0 Å². The molecule has 0 saturated carbocycles. The average Bonchev–Trinajstić information content (AvgIpc) is 3.32. The van der Waals surface area contributed by atoms with Gasteiger partial charge in [-0.1, -0.05) is 229 Å². The number of hydrogen-bond donors (Lipinski definition) is 0. The second-order valence-corrected chi connectivity index (χ2v) is 20.5. The summed E-state index contributed by atoms with van der Waals surface area (Å²) in [5, 5.41) is 0. The van der Waals surface area contributed by atoms with E-state index in [4.69, 9.17) is 4.74 Å². The molecule has 0 fully saturated rings. The van der Waals surface area contributed by atoms with Crippen molar-refractivity contribution in [2.75, 3.05) is 20.6 Å². The highest BCUT2D eigenvalue weighted by molar-refractivity contribution is 5.69. The number of allylic oxidation sites excluding steroid dienone is 12. The number of esters is 1. The van der Waals surface area contributed by atoms with Gasteiger partial charge in [-0.3, -0.25) is 4.79 Å². The molecule has 390 valence electrons. The fraction of sp³-hybridized carbons (Fsp3) is 0.797. The highest BCUT2D eigenvalue weighted by atomic mass is 16.5. The highest BCUT2D eigenvalue weighted by Gasteiger charge is 2.24. The van der Waals surface area contributed by atoms with E-state index in [-0.39, 0.29) is 12.1 Å². The quantitative estimate of drug-likeness (QED) is 0.0346. The molecular weight excluding hydrogens is 815 g/mol. The van der Waals surface area contributed by atoms with Crippen LogP contribution in [-0.4, -0.2) is 37.6 Å². The summed E-state index contributed by atoms with van der Waals surface area (Å²) in [5.74, 6) is 0.571. The summed E-state index contributed by atoms with van der Waals surface area (Å²) in [6.45, 7) is 7.91. The van der Waals surface area contributed by atoms with Gasteiger partial charge in [0, 0.05) is 6.42 Å². The first-order chi connectivity index (χ1) is 33.0. The second-order valence-electron chi connectivity index (χ2n) is 20.5. The first kappa shape index (κ1) is 64.9. The van der Waals surface area contributed by atoms with Gasteiger partial charge < -0.3 is 9.64 Å². The van der Waals surface area contributed by atoms with Crippen LogP contribution in [0.5, 0.6) is 0 Å². The lowest BCUT2D eigenvalue weighted by Crippen LogP contribution is -2.27. The Morgan fingerprint density at radius 2 is 0.657 bits per heavy atom. The number of carbonyl (C=O) groups is 1. The van der Waals surface area contributed by atoms with Crippen LogP contribution in [0.4, 0.5) is 0 Å². The molecule has 0 saturated heterocycles. The number of unbranched alkanes of at least 4 members (excludes halogenated alkanes) is 29. The van der Waals surface area contributed by atoms with Crippen LogP contribution in [-0.2, 0) is 9.53 Å². The van der Waals surface area contributed by atoms with E-state index in [2.05, 4.69) is 113 Å². The molecule has 0 spiro atoms. The van der Waals surface area contributed by atoms with Crippen LogP contribution in [0.25, 0.3) is 0 Å². The molecule has 0 bridgehead atoms. The molecule has 3 heteroatoms. The summed E-state index contributed by atoms with van der Waals surface area (Å²) in [4.78, 5) is 15.7. The molecule has 0 aromatic heterocycles. The smallest absolute Gasteiger partial charge is 0.306 e. The van der Waals surface area contributed by atoms with Crippen molar-refractivity contribution in [1.29, 1.82) is 0 Å². The van der Waals surface area contributed by atoms with Crippen molar-refractivity contribution in [2.24, 2.45) is 5.92 Å². The van der Waals surface area contributed by atoms with Crippen molar-refractivity contribution >= 4 is 5.97 Å². The summed E-state index contributed by atoms with van der Waals surface area (Å²) in [6.07, 6.45) is 81.9. The van der Waals surface area contributed by atoms with Crippen LogP contribution in [0.2, 0.25) is 0 Å². The Morgan fingerprint density at radius 3 is 1.00 bits per heavy atom. The Labute approximate surface area is 421 Å². The van der Waals surface area contributed by atoms with Gasteiger partial charge in [0.05, 0.1) is 0 Å². The molecule has 3 nitrogen and oxygen atoms in total. The number of nitrogens with zero attached hydrogens (tertiary/aromatic N) is 1. The Balaban J connectivity index is 5.07.